The molecule has 1 aliphatic rings. The lowest BCUT2D eigenvalue weighted by molar-refractivity contribution is -0.154. The van der Waals surface area contributed by atoms with Crippen LogP contribution < -0.4 is 11.4 Å². The number of aliphatic hydroxyl groups excluding tert-OH is 1. The number of carbonyl (C=O) groups is 1. The second-order valence-electron chi connectivity index (χ2n) is 5.43. The highest BCUT2D eigenvalue weighted by Crippen LogP contribution is 2.44. The number of aliphatic hydroxyl groups is 1. The van der Waals surface area contributed by atoms with E-state index in [1.165, 1.54) is 12.3 Å². The van der Waals surface area contributed by atoms with Gasteiger partial charge in [0.05, 0.1) is 13.2 Å². The maximum atomic E-state index is 12.1. The SMILES string of the molecule is CCOC(=O)CO[C@@H]1[C@H](OP(=O)(O)O)[C@@H](CO)O[C@H]1n1ccc(N)nc1=O. The minimum absolute atomic E-state index is 0.0556. The molecule has 2 heterocycles. The van der Waals surface area contributed by atoms with Crippen LogP contribution in [0.4, 0.5) is 5.82 Å². The second kappa shape index (κ2) is 8.89. The predicted octanol–water partition coefficient (Wildman–Crippen LogP) is -1.86. The minimum Gasteiger partial charge on any atom is -0.464 e. The Morgan fingerprint density at radius 3 is 2.70 bits per heavy atom. The van der Waals surface area contributed by atoms with Gasteiger partial charge < -0.3 is 34.8 Å². The van der Waals surface area contributed by atoms with E-state index in [0.29, 0.717) is 0 Å². The summed E-state index contributed by atoms with van der Waals surface area (Å²) in [5.41, 5.74) is 4.60. The number of aromatic nitrogens is 2. The van der Waals surface area contributed by atoms with Crippen LogP contribution >= 0.6 is 7.82 Å². The van der Waals surface area contributed by atoms with Gasteiger partial charge in [-0.1, -0.05) is 0 Å². The normalized spacial score (nSPS) is 25.5. The van der Waals surface area contributed by atoms with Gasteiger partial charge in [0.1, 0.15) is 30.7 Å². The first-order valence-electron chi connectivity index (χ1n) is 7.78. The van der Waals surface area contributed by atoms with Crippen LogP contribution in [0, 0.1) is 0 Å². The van der Waals surface area contributed by atoms with Crippen molar-refractivity contribution in [3.8, 4) is 0 Å². The molecule has 0 radical (unpaired) electrons. The molecule has 4 atom stereocenters. The highest BCUT2D eigenvalue weighted by molar-refractivity contribution is 7.46. The molecule has 5 N–H and O–H groups in total. The van der Waals surface area contributed by atoms with Gasteiger partial charge in [-0.3, -0.25) is 9.09 Å². The van der Waals surface area contributed by atoms with E-state index < -0.39 is 57.2 Å². The summed E-state index contributed by atoms with van der Waals surface area (Å²) >= 11 is 0. The Morgan fingerprint density at radius 2 is 2.15 bits per heavy atom. The molecule has 13 nitrogen and oxygen atoms in total. The van der Waals surface area contributed by atoms with Crippen LogP contribution in [0.25, 0.3) is 0 Å². The third-order valence-corrected chi connectivity index (χ3v) is 4.07. The molecule has 1 aliphatic heterocycles. The number of nitrogens with zero attached hydrogens (tertiary/aromatic N) is 2. The first-order valence-corrected chi connectivity index (χ1v) is 9.31. The van der Waals surface area contributed by atoms with Gasteiger partial charge in [-0.25, -0.2) is 14.2 Å². The Kier molecular flexibility index (Phi) is 7.06. The quantitative estimate of drug-likeness (QED) is 0.277. The van der Waals surface area contributed by atoms with Crippen molar-refractivity contribution < 1.29 is 43.0 Å². The standard InChI is InChI=1S/C13H20N3O10P/c1-2-23-9(18)6-24-11-10(26-27(20,21)22)7(5-17)25-12(11)16-4-3-8(14)15-13(16)19/h3-4,7,10-12,17H,2,5-6H2,1H3,(H2,14,15,19)(H2,20,21,22)/t7-,10-,11-,12-/m1/s1. The number of hydrogen-bond acceptors (Lipinski definition) is 10. The van der Waals surface area contributed by atoms with E-state index in [1.54, 1.807) is 6.92 Å². The number of carbonyl (C=O) groups excluding carboxylic acids is 1. The number of rotatable bonds is 8. The van der Waals surface area contributed by atoms with E-state index in [9.17, 15) is 19.3 Å². The zero-order valence-corrected chi connectivity index (χ0v) is 15.1. The molecule has 0 aromatic carbocycles. The molecule has 0 aliphatic carbocycles. The first-order chi connectivity index (χ1) is 12.7. The van der Waals surface area contributed by atoms with Crippen LogP contribution in [-0.4, -0.2) is 68.5 Å². The van der Waals surface area contributed by atoms with Gasteiger partial charge >= 0.3 is 19.5 Å². The number of nitrogens with two attached hydrogens (primary N) is 1. The number of hydrogen-bond donors (Lipinski definition) is 4. The highest BCUT2D eigenvalue weighted by atomic mass is 31.2. The van der Waals surface area contributed by atoms with E-state index in [4.69, 9.17) is 29.7 Å². The summed E-state index contributed by atoms with van der Waals surface area (Å²) in [5.74, 6) is -0.804. The maximum Gasteiger partial charge on any atom is 0.470 e. The molecule has 1 aromatic heterocycles. The molecule has 1 fully saturated rings. The van der Waals surface area contributed by atoms with Gasteiger partial charge in [-0.2, -0.15) is 4.98 Å². The van der Waals surface area contributed by atoms with E-state index in [0.717, 1.165) is 4.57 Å². The molecule has 0 amide bonds. The zero-order chi connectivity index (χ0) is 20.2. The number of anilines is 1. The molecule has 0 unspecified atom stereocenters. The third kappa shape index (κ3) is 5.56. The summed E-state index contributed by atoms with van der Waals surface area (Å²) in [6.07, 6.45) is -4.15. The van der Waals surface area contributed by atoms with Gasteiger partial charge in [0.25, 0.3) is 0 Å². The Labute approximate surface area is 152 Å². The van der Waals surface area contributed by atoms with E-state index in [-0.39, 0.29) is 12.4 Å². The van der Waals surface area contributed by atoms with Crippen LogP contribution in [0.15, 0.2) is 17.1 Å². The van der Waals surface area contributed by atoms with Crippen molar-refractivity contribution in [2.24, 2.45) is 0 Å². The molecule has 1 saturated heterocycles. The summed E-state index contributed by atoms with van der Waals surface area (Å²) < 4.78 is 32.4. The topological polar surface area (TPSA) is 193 Å². The lowest BCUT2D eigenvalue weighted by Crippen LogP contribution is -2.40. The number of esters is 1. The summed E-state index contributed by atoms with van der Waals surface area (Å²) in [5, 5.41) is 9.46. The summed E-state index contributed by atoms with van der Waals surface area (Å²) in [6, 6.07) is 1.29. The third-order valence-electron chi connectivity index (χ3n) is 3.55. The number of nitrogen functional groups attached to an aromatic ring is 1. The predicted molar refractivity (Wildman–Crippen MR) is 87.2 cm³/mol. The molecular formula is C13H20N3O10P. The van der Waals surface area contributed by atoms with Gasteiger partial charge in [-0.15, -0.1) is 0 Å². The van der Waals surface area contributed by atoms with E-state index >= 15 is 0 Å². The molecular weight excluding hydrogens is 389 g/mol. The van der Waals surface area contributed by atoms with Gasteiger partial charge in [-0.05, 0) is 13.0 Å². The van der Waals surface area contributed by atoms with Crippen molar-refractivity contribution in [2.45, 2.75) is 31.5 Å². The maximum absolute atomic E-state index is 12.1. The van der Waals surface area contributed by atoms with Crippen LogP contribution in [0.1, 0.15) is 13.2 Å². The number of phosphoric ester groups is 1. The fourth-order valence-corrected chi connectivity index (χ4v) is 3.10. The molecule has 0 bridgehead atoms. The molecule has 1 aromatic rings. The van der Waals surface area contributed by atoms with Crippen molar-refractivity contribution in [2.75, 3.05) is 25.6 Å². The van der Waals surface area contributed by atoms with Crippen LogP contribution in [0.3, 0.4) is 0 Å². The van der Waals surface area contributed by atoms with Gasteiger partial charge in [0.2, 0.25) is 0 Å². The van der Waals surface area contributed by atoms with Crippen molar-refractivity contribution in [1.29, 1.82) is 0 Å². The molecule has 0 spiro atoms. The minimum atomic E-state index is -5.01. The lowest BCUT2D eigenvalue weighted by Gasteiger charge is -2.24. The molecule has 14 heteroatoms. The highest BCUT2D eigenvalue weighted by Gasteiger charge is 2.50. The van der Waals surface area contributed by atoms with Crippen LogP contribution in [0.5, 0.6) is 0 Å². The summed E-state index contributed by atoms with van der Waals surface area (Å²) in [6.45, 7) is 0.378. The second-order valence-corrected chi connectivity index (χ2v) is 6.62. The Hall–Kier alpha value is -1.86. The molecule has 27 heavy (non-hydrogen) atoms. The number of ether oxygens (including phenoxy) is 3. The first kappa shape index (κ1) is 21.4. The average Bonchev–Trinajstić information content (AvgIpc) is 2.89. The molecule has 0 saturated carbocycles. The van der Waals surface area contributed by atoms with Crippen LogP contribution in [-0.2, 0) is 28.1 Å². The molecule has 2 rings (SSSR count). The van der Waals surface area contributed by atoms with Crippen molar-refractivity contribution >= 4 is 19.6 Å². The van der Waals surface area contributed by atoms with Crippen molar-refractivity contribution in [1.82, 2.24) is 9.55 Å². The van der Waals surface area contributed by atoms with Gasteiger partial charge in [0.15, 0.2) is 6.23 Å². The zero-order valence-electron chi connectivity index (χ0n) is 14.2. The fourth-order valence-electron chi connectivity index (χ4n) is 2.53. The monoisotopic (exact) mass is 409 g/mol. The van der Waals surface area contributed by atoms with Gasteiger partial charge in [0, 0.05) is 6.20 Å². The summed E-state index contributed by atoms with van der Waals surface area (Å²) in [4.78, 5) is 45.4. The summed E-state index contributed by atoms with van der Waals surface area (Å²) in [7, 11) is -5.01. The fraction of sp³-hybridized carbons (Fsp3) is 0.615. The van der Waals surface area contributed by atoms with E-state index in [2.05, 4.69) is 9.51 Å². The Bertz CT molecular complexity index is 765. The van der Waals surface area contributed by atoms with Crippen molar-refractivity contribution in [3.63, 3.8) is 0 Å². The average molecular weight is 409 g/mol. The largest absolute Gasteiger partial charge is 0.470 e. The van der Waals surface area contributed by atoms with E-state index in [1.807, 2.05) is 0 Å². The number of phosphoric acid groups is 1. The Balaban J connectivity index is 2.35. The van der Waals surface area contributed by atoms with Crippen LogP contribution in [0.2, 0.25) is 0 Å². The Morgan fingerprint density at radius 1 is 1.44 bits per heavy atom. The van der Waals surface area contributed by atoms with Crippen molar-refractivity contribution in [3.05, 3.63) is 22.7 Å². The smallest absolute Gasteiger partial charge is 0.464 e. The molecule has 152 valence electrons. The lowest BCUT2D eigenvalue weighted by atomic mass is 10.1.